The molecule has 0 aliphatic heterocycles. The minimum Gasteiger partial charge on any atom is -0.366 e. The Morgan fingerprint density at radius 1 is 1.30 bits per heavy atom. The van der Waals surface area contributed by atoms with Gasteiger partial charge in [0, 0.05) is 18.3 Å². The molecular formula is C12H13ClN4O2S. The van der Waals surface area contributed by atoms with E-state index in [0.29, 0.717) is 12.4 Å². The quantitative estimate of drug-likeness (QED) is 0.837. The number of nitrogens with two attached hydrogens (primary N) is 1. The Morgan fingerprint density at radius 3 is 2.55 bits per heavy atom. The molecule has 0 bridgehead atoms. The molecular weight excluding hydrogens is 300 g/mol. The summed E-state index contributed by atoms with van der Waals surface area (Å²) in [6.45, 7) is 2.35. The van der Waals surface area contributed by atoms with E-state index in [1.54, 1.807) is 18.3 Å². The van der Waals surface area contributed by atoms with Gasteiger partial charge in [-0.05, 0) is 36.2 Å². The highest BCUT2D eigenvalue weighted by atomic mass is 35.5. The molecule has 8 heteroatoms. The summed E-state index contributed by atoms with van der Waals surface area (Å²) in [6.07, 6.45) is 1.63. The van der Waals surface area contributed by atoms with Gasteiger partial charge in [-0.3, -0.25) is 0 Å². The molecule has 0 saturated heterocycles. The van der Waals surface area contributed by atoms with Crippen molar-refractivity contribution in [2.24, 2.45) is 5.14 Å². The lowest BCUT2D eigenvalue weighted by molar-refractivity contribution is 0.598. The molecule has 0 atom stereocenters. The molecule has 0 unspecified atom stereocenters. The molecule has 0 radical (unpaired) electrons. The molecule has 1 aromatic heterocycles. The Balaban J connectivity index is 2.10. The number of sulfonamides is 1. The summed E-state index contributed by atoms with van der Waals surface area (Å²) in [6, 6.07) is 6.30. The van der Waals surface area contributed by atoms with Crippen molar-refractivity contribution < 1.29 is 8.42 Å². The summed E-state index contributed by atoms with van der Waals surface area (Å²) in [4.78, 5) is 8.02. The van der Waals surface area contributed by atoms with Crippen LogP contribution < -0.4 is 10.5 Å². The van der Waals surface area contributed by atoms with Crippen LogP contribution >= 0.6 is 11.6 Å². The van der Waals surface area contributed by atoms with Crippen molar-refractivity contribution in [3.63, 3.8) is 0 Å². The number of rotatable bonds is 4. The Hall–Kier alpha value is -1.70. The van der Waals surface area contributed by atoms with Crippen LogP contribution in [0.25, 0.3) is 0 Å². The topological polar surface area (TPSA) is 98.0 Å². The molecule has 1 heterocycles. The van der Waals surface area contributed by atoms with Gasteiger partial charge in [0.1, 0.15) is 5.82 Å². The summed E-state index contributed by atoms with van der Waals surface area (Å²) < 4.78 is 22.3. The number of primary sulfonamides is 1. The Bertz CT molecular complexity index is 717. The second kappa shape index (κ2) is 5.74. The van der Waals surface area contributed by atoms with Gasteiger partial charge in [0.2, 0.25) is 15.3 Å². The largest absolute Gasteiger partial charge is 0.366 e. The highest BCUT2D eigenvalue weighted by molar-refractivity contribution is 7.89. The van der Waals surface area contributed by atoms with Crippen molar-refractivity contribution in [3.05, 3.63) is 46.9 Å². The zero-order valence-electron chi connectivity index (χ0n) is 10.7. The minimum absolute atomic E-state index is 0.0857. The van der Waals surface area contributed by atoms with Gasteiger partial charge >= 0.3 is 0 Å². The van der Waals surface area contributed by atoms with Crippen LogP contribution in [0.4, 0.5) is 5.82 Å². The zero-order valence-corrected chi connectivity index (χ0v) is 12.2. The normalized spacial score (nSPS) is 11.3. The van der Waals surface area contributed by atoms with Crippen molar-refractivity contribution in [1.82, 2.24) is 9.97 Å². The molecule has 20 heavy (non-hydrogen) atoms. The lowest BCUT2D eigenvalue weighted by Crippen LogP contribution is -2.12. The first-order chi connectivity index (χ1) is 9.36. The smallest absolute Gasteiger partial charge is 0.238 e. The molecule has 0 amide bonds. The Kier molecular flexibility index (Phi) is 4.22. The zero-order chi connectivity index (χ0) is 14.8. The number of nitrogens with one attached hydrogen (secondary N) is 1. The van der Waals surface area contributed by atoms with Crippen molar-refractivity contribution in [2.45, 2.75) is 18.4 Å². The first-order valence-corrected chi connectivity index (χ1v) is 7.63. The molecule has 0 fully saturated rings. The first-order valence-electron chi connectivity index (χ1n) is 5.71. The van der Waals surface area contributed by atoms with Crippen LogP contribution in [0.3, 0.4) is 0 Å². The van der Waals surface area contributed by atoms with Crippen LogP contribution in [0.2, 0.25) is 5.28 Å². The van der Waals surface area contributed by atoms with Crippen LogP contribution in [-0.4, -0.2) is 18.4 Å². The fraction of sp³-hybridized carbons (Fsp3) is 0.167. The van der Waals surface area contributed by atoms with E-state index in [9.17, 15) is 8.42 Å². The average Bonchev–Trinajstić information content (AvgIpc) is 2.39. The van der Waals surface area contributed by atoms with Gasteiger partial charge in [-0.25, -0.2) is 23.5 Å². The van der Waals surface area contributed by atoms with Gasteiger partial charge in [0.05, 0.1) is 4.90 Å². The molecule has 0 aliphatic rings. The molecule has 1 aromatic carbocycles. The van der Waals surface area contributed by atoms with Gasteiger partial charge in [0.15, 0.2) is 0 Å². The molecule has 0 aliphatic carbocycles. The van der Waals surface area contributed by atoms with Crippen molar-refractivity contribution in [3.8, 4) is 0 Å². The summed E-state index contributed by atoms with van der Waals surface area (Å²) in [5, 5.41) is 8.31. The SMILES string of the molecule is Cc1cnc(Cl)nc1NCc1ccc(S(N)(=O)=O)cc1. The number of aryl methyl sites for hydroxylation is 1. The highest BCUT2D eigenvalue weighted by Crippen LogP contribution is 2.15. The van der Waals surface area contributed by atoms with Crippen LogP contribution in [0.15, 0.2) is 35.4 Å². The maximum atomic E-state index is 11.1. The summed E-state index contributed by atoms with van der Waals surface area (Å²) in [5.41, 5.74) is 1.77. The monoisotopic (exact) mass is 312 g/mol. The van der Waals surface area contributed by atoms with Crippen LogP contribution in [0.1, 0.15) is 11.1 Å². The fourth-order valence-corrected chi connectivity index (χ4v) is 2.23. The van der Waals surface area contributed by atoms with Gasteiger partial charge in [0.25, 0.3) is 0 Å². The maximum absolute atomic E-state index is 11.1. The average molecular weight is 313 g/mol. The molecule has 2 aromatic rings. The van der Waals surface area contributed by atoms with Gasteiger partial charge < -0.3 is 5.32 Å². The second-order valence-corrected chi connectivity index (χ2v) is 6.11. The molecule has 106 valence electrons. The number of hydrogen-bond donors (Lipinski definition) is 2. The van der Waals surface area contributed by atoms with E-state index in [-0.39, 0.29) is 10.2 Å². The molecule has 3 N–H and O–H groups in total. The van der Waals surface area contributed by atoms with Crippen molar-refractivity contribution in [1.29, 1.82) is 0 Å². The van der Waals surface area contributed by atoms with E-state index in [1.807, 2.05) is 6.92 Å². The van der Waals surface area contributed by atoms with E-state index in [2.05, 4.69) is 15.3 Å². The molecule has 2 rings (SSSR count). The number of hydrogen-bond acceptors (Lipinski definition) is 5. The van der Waals surface area contributed by atoms with E-state index in [4.69, 9.17) is 16.7 Å². The predicted octanol–water partition coefficient (Wildman–Crippen LogP) is 1.70. The van der Waals surface area contributed by atoms with Crippen molar-refractivity contribution in [2.75, 3.05) is 5.32 Å². The standard InChI is InChI=1S/C12H13ClN4O2S/c1-8-6-16-12(13)17-11(8)15-7-9-2-4-10(5-3-9)20(14,18)19/h2-6H,7H2,1H3,(H2,14,18,19)(H,15,16,17). The number of benzene rings is 1. The molecule has 6 nitrogen and oxygen atoms in total. The Morgan fingerprint density at radius 2 is 1.95 bits per heavy atom. The van der Waals surface area contributed by atoms with Crippen LogP contribution in [0, 0.1) is 6.92 Å². The van der Waals surface area contributed by atoms with E-state index in [1.165, 1.54) is 12.1 Å². The van der Waals surface area contributed by atoms with E-state index < -0.39 is 10.0 Å². The second-order valence-electron chi connectivity index (χ2n) is 4.21. The summed E-state index contributed by atoms with van der Waals surface area (Å²) in [7, 11) is -3.66. The fourth-order valence-electron chi connectivity index (χ4n) is 1.58. The lowest BCUT2D eigenvalue weighted by atomic mass is 10.2. The third-order valence-corrected chi connectivity index (χ3v) is 3.77. The molecule has 0 saturated carbocycles. The number of aromatic nitrogens is 2. The van der Waals surface area contributed by atoms with Crippen LogP contribution in [0.5, 0.6) is 0 Å². The third kappa shape index (κ3) is 3.66. The third-order valence-electron chi connectivity index (χ3n) is 2.65. The first kappa shape index (κ1) is 14.7. The minimum atomic E-state index is -3.66. The predicted molar refractivity (Wildman–Crippen MR) is 76.9 cm³/mol. The van der Waals surface area contributed by atoms with Crippen molar-refractivity contribution >= 4 is 27.4 Å². The number of anilines is 1. The van der Waals surface area contributed by atoms with Gasteiger partial charge in [-0.2, -0.15) is 0 Å². The number of nitrogens with zero attached hydrogens (tertiary/aromatic N) is 2. The highest BCUT2D eigenvalue weighted by Gasteiger charge is 2.07. The van der Waals surface area contributed by atoms with Crippen LogP contribution in [-0.2, 0) is 16.6 Å². The summed E-state index contributed by atoms with van der Waals surface area (Å²) in [5.74, 6) is 0.639. The molecule has 0 spiro atoms. The van der Waals surface area contributed by atoms with E-state index >= 15 is 0 Å². The Labute approximate surface area is 122 Å². The van der Waals surface area contributed by atoms with Gasteiger partial charge in [-0.1, -0.05) is 12.1 Å². The maximum Gasteiger partial charge on any atom is 0.238 e. The number of halogens is 1. The van der Waals surface area contributed by atoms with Gasteiger partial charge in [-0.15, -0.1) is 0 Å². The van der Waals surface area contributed by atoms with E-state index in [0.717, 1.165) is 11.1 Å². The summed E-state index contributed by atoms with van der Waals surface area (Å²) >= 11 is 5.73. The lowest BCUT2D eigenvalue weighted by Gasteiger charge is -2.08.